The Morgan fingerprint density at radius 3 is 2.70 bits per heavy atom. The van der Waals surface area contributed by atoms with Crippen LogP contribution in [-0.4, -0.2) is 32.3 Å². The van der Waals surface area contributed by atoms with Crippen LogP contribution in [0, 0.1) is 24.2 Å². The fourth-order valence-electron chi connectivity index (χ4n) is 2.49. The minimum atomic E-state index is -4.06. The summed E-state index contributed by atoms with van der Waals surface area (Å²) in [5.41, 5.74) is 0. The van der Waals surface area contributed by atoms with Gasteiger partial charge in [0.15, 0.2) is 5.96 Å². The Bertz CT molecular complexity index is 358. The molecule has 0 aromatic heterocycles. The monoisotopic (exact) mass is 289 g/mol. The zero-order chi connectivity index (χ0) is 15.0. The molecule has 1 fully saturated rings. The predicted octanol–water partition coefficient (Wildman–Crippen LogP) is 2.54. The Morgan fingerprint density at radius 1 is 1.35 bits per heavy atom. The van der Waals surface area contributed by atoms with E-state index < -0.39 is 12.1 Å². The molecular weight excluding hydrogens is 267 g/mol. The summed E-state index contributed by atoms with van der Waals surface area (Å²) >= 11 is 0. The van der Waals surface area contributed by atoms with Crippen molar-refractivity contribution >= 4 is 5.96 Å². The zero-order valence-corrected chi connectivity index (χ0v) is 11.8. The molecule has 0 radical (unpaired) electrons. The number of aliphatic imine (C=N–C) groups is 1. The van der Waals surface area contributed by atoms with Crippen LogP contribution in [0.25, 0.3) is 0 Å². The summed E-state index contributed by atoms with van der Waals surface area (Å²) in [4.78, 5) is 4.02. The molecule has 0 heterocycles. The quantitative estimate of drug-likeness (QED) is 0.361. The number of terminal acetylenes is 1. The zero-order valence-electron chi connectivity index (χ0n) is 11.8. The fraction of sp³-hybridized carbons (Fsp3) is 0.786. The van der Waals surface area contributed by atoms with Crippen LogP contribution < -0.4 is 10.6 Å². The first kappa shape index (κ1) is 16.7. The first-order valence-corrected chi connectivity index (χ1v) is 6.92. The molecule has 0 bridgehead atoms. The predicted molar refractivity (Wildman–Crippen MR) is 74.3 cm³/mol. The van der Waals surface area contributed by atoms with Gasteiger partial charge in [-0.05, 0) is 25.2 Å². The van der Waals surface area contributed by atoms with Gasteiger partial charge in [-0.15, -0.1) is 12.3 Å². The summed E-state index contributed by atoms with van der Waals surface area (Å²) in [6, 6.07) is 0. The molecule has 0 aromatic carbocycles. The molecule has 20 heavy (non-hydrogen) atoms. The third-order valence-corrected chi connectivity index (χ3v) is 3.59. The molecule has 1 aliphatic carbocycles. The highest BCUT2D eigenvalue weighted by Gasteiger charge is 2.41. The Hall–Kier alpha value is -1.38. The van der Waals surface area contributed by atoms with Crippen LogP contribution in [-0.2, 0) is 0 Å². The van der Waals surface area contributed by atoms with Crippen molar-refractivity contribution in [2.75, 3.05) is 20.1 Å². The molecule has 1 rings (SSSR count). The SMILES string of the molecule is C#CCCNC(=NC)NCC1CCCC(C(F)(F)F)C1. The van der Waals surface area contributed by atoms with Gasteiger partial charge >= 0.3 is 6.18 Å². The molecule has 0 aromatic rings. The van der Waals surface area contributed by atoms with Gasteiger partial charge in [-0.2, -0.15) is 13.2 Å². The van der Waals surface area contributed by atoms with E-state index in [0.717, 1.165) is 6.42 Å². The maximum absolute atomic E-state index is 12.7. The van der Waals surface area contributed by atoms with Crippen LogP contribution in [0.2, 0.25) is 0 Å². The highest BCUT2D eigenvalue weighted by molar-refractivity contribution is 5.79. The van der Waals surface area contributed by atoms with E-state index in [0.29, 0.717) is 31.9 Å². The Labute approximate surface area is 118 Å². The Kier molecular flexibility index (Phi) is 6.69. The molecule has 1 aliphatic rings. The lowest BCUT2D eigenvalue weighted by molar-refractivity contribution is -0.185. The van der Waals surface area contributed by atoms with Crippen LogP contribution in [0.1, 0.15) is 32.1 Å². The van der Waals surface area contributed by atoms with E-state index in [1.807, 2.05) is 0 Å². The molecular formula is C14H22F3N3. The topological polar surface area (TPSA) is 36.4 Å². The van der Waals surface area contributed by atoms with E-state index in [4.69, 9.17) is 6.42 Å². The molecule has 2 unspecified atom stereocenters. The number of hydrogen-bond acceptors (Lipinski definition) is 1. The molecule has 0 amide bonds. The highest BCUT2D eigenvalue weighted by atomic mass is 19.4. The van der Waals surface area contributed by atoms with Gasteiger partial charge in [0.1, 0.15) is 0 Å². The van der Waals surface area contributed by atoms with Crippen molar-refractivity contribution in [3.63, 3.8) is 0 Å². The number of hydrogen-bond donors (Lipinski definition) is 2. The maximum Gasteiger partial charge on any atom is 0.391 e. The standard InChI is InChI=1S/C14H22F3N3/c1-3-4-8-19-13(18-2)20-10-11-6-5-7-12(9-11)14(15,16)17/h1,11-12H,4-10H2,2H3,(H2,18,19,20). The molecule has 2 atom stereocenters. The lowest BCUT2D eigenvalue weighted by Crippen LogP contribution is -2.41. The molecule has 0 aliphatic heterocycles. The first-order valence-electron chi connectivity index (χ1n) is 6.92. The van der Waals surface area contributed by atoms with Gasteiger partial charge in [-0.3, -0.25) is 4.99 Å². The van der Waals surface area contributed by atoms with Gasteiger partial charge in [0.25, 0.3) is 0 Å². The summed E-state index contributed by atoms with van der Waals surface area (Å²) in [6.07, 6.45) is 3.60. The first-order chi connectivity index (χ1) is 9.47. The van der Waals surface area contributed by atoms with Gasteiger partial charge < -0.3 is 10.6 Å². The highest BCUT2D eigenvalue weighted by Crippen LogP contribution is 2.39. The lowest BCUT2D eigenvalue weighted by Gasteiger charge is -2.30. The van der Waals surface area contributed by atoms with E-state index >= 15 is 0 Å². The van der Waals surface area contributed by atoms with E-state index in [1.165, 1.54) is 0 Å². The summed E-state index contributed by atoms with van der Waals surface area (Å²) in [7, 11) is 1.63. The van der Waals surface area contributed by atoms with Crippen molar-refractivity contribution in [2.45, 2.75) is 38.3 Å². The molecule has 3 nitrogen and oxygen atoms in total. The van der Waals surface area contributed by atoms with Crippen LogP contribution in [0.15, 0.2) is 4.99 Å². The largest absolute Gasteiger partial charge is 0.391 e. The van der Waals surface area contributed by atoms with E-state index in [-0.39, 0.29) is 18.8 Å². The summed E-state index contributed by atoms with van der Waals surface area (Å²) < 4.78 is 38.1. The smallest absolute Gasteiger partial charge is 0.356 e. The van der Waals surface area contributed by atoms with Crippen molar-refractivity contribution in [1.82, 2.24) is 10.6 Å². The van der Waals surface area contributed by atoms with Crippen molar-refractivity contribution in [2.24, 2.45) is 16.8 Å². The molecule has 2 N–H and O–H groups in total. The second-order valence-corrected chi connectivity index (χ2v) is 5.11. The minimum absolute atomic E-state index is 0.0431. The van der Waals surface area contributed by atoms with E-state index in [2.05, 4.69) is 21.5 Å². The van der Waals surface area contributed by atoms with Crippen LogP contribution in [0.3, 0.4) is 0 Å². The summed E-state index contributed by atoms with van der Waals surface area (Å²) in [6.45, 7) is 1.12. The van der Waals surface area contributed by atoms with Crippen molar-refractivity contribution in [1.29, 1.82) is 0 Å². The molecule has 1 saturated carbocycles. The van der Waals surface area contributed by atoms with Crippen molar-refractivity contribution in [3.8, 4) is 12.3 Å². The van der Waals surface area contributed by atoms with Gasteiger partial charge in [0, 0.05) is 26.6 Å². The van der Waals surface area contributed by atoms with Crippen molar-refractivity contribution < 1.29 is 13.2 Å². The van der Waals surface area contributed by atoms with Crippen LogP contribution in [0.5, 0.6) is 0 Å². The van der Waals surface area contributed by atoms with E-state index in [9.17, 15) is 13.2 Å². The number of nitrogens with one attached hydrogen (secondary N) is 2. The number of rotatable bonds is 4. The third kappa shape index (κ3) is 5.72. The second-order valence-electron chi connectivity index (χ2n) is 5.11. The average Bonchev–Trinajstić information content (AvgIpc) is 2.42. The average molecular weight is 289 g/mol. The van der Waals surface area contributed by atoms with Crippen molar-refractivity contribution in [3.05, 3.63) is 0 Å². The van der Waals surface area contributed by atoms with Crippen LogP contribution >= 0.6 is 0 Å². The lowest BCUT2D eigenvalue weighted by atomic mass is 9.81. The number of halogens is 3. The van der Waals surface area contributed by atoms with Gasteiger partial charge in [0.05, 0.1) is 5.92 Å². The van der Waals surface area contributed by atoms with E-state index in [1.54, 1.807) is 7.05 Å². The molecule has 6 heteroatoms. The molecule has 114 valence electrons. The molecule has 0 spiro atoms. The van der Waals surface area contributed by atoms with Crippen LogP contribution in [0.4, 0.5) is 13.2 Å². The number of alkyl halides is 3. The second kappa shape index (κ2) is 8.03. The maximum atomic E-state index is 12.7. The molecule has 0 saturated heterocycles. The van der Waals surface area contributed by atoms with Gasteiger partial charge in [-0.25, -0.2) is 0 Å². The summed E-state index contributed by atoms with van der Waals surface area (Å²) in [5.74, 6) is 1.99. The van der Waals surface area contributed by atoms with Gasteiger partial charge in [-0.1, -0.05) is 6.42 Å². The number of nitrogens with zero attached hydrogens (tertiary/aromatic N) is 1. The van der Waals surface area contributed by atoms with Gasteiger partial charge in [0.2, 0.25) is 0 Å². The minimum Gasteiger partial charge on any atom is -0.356 e. The normalized spacial score (nSPS) is 24.1. The third-order valence-electron chi connectivity index (χ3n) is 3.59. The Morgan fingerprint density at radius 2 is 2.10 bits per heavy atom. The number of guanidine groups is 1. The Balaban J connectivity index is 2.35. The summed E-state index contributed by atoms with van der Waals surface area (Å²) in [5, 5.41) is 6.10. The fourth-order valence-corrected chi connectivity index (χ4v) is 2.49.